The average Bonchev–Trinajstić information content (AvgIpc) is 2.40. The lowest BCUT2D eigenvalue weighted by atomic mass is 10.1. The highest BCUT2D eigenvalue weighted by atomic mass is 79.9. The number of nitrogens with one attached hydrogen (secondary N) is 1. The van der Waals surface area contributed by atoms with E-state index in [1.807, 2.05) is 0 Å². The SMILES string of the molecule is NC(=O)C1CNCCN1C(=O)c1cc(Br)ccc1Cl. The zero-order valence-electron chi connectivity index (χ0n) is 10.0. The number of amides is 2. The van der Waals surface area contributed by atoms with Crippen LogP contribution in [-0.4, -0.2) is 42.4 Å². The third-order valence-electron chi connectivity index (χ3n) is 2.99. The fourth-order valence-corrected chi connectivity index (χ4v) is 2.58. The highest BCUT2D eigenvalue weighted by Crippen LogP contribution is 2.23. The smallest absolute Gasteiger partial charge is 0.256 e. The van der Waals surface area contributed by atoms with E-state index in [9.17, 15) is 9.59 Å². The van der Waals surface area contributed by atoms with Crippen molar-refractivity contribution < 1.29 is 9.59 Å². The Morgan fingerprint density at radius 2 is 2.21 bits per heavy atom. The number of benzene rings is 1. The Kier molecular flexibility index (Phi) is 4.44. The summed E-state index contributed by atoms with van der Waals surface area (Å²) in [5, 5.41) is 3.40. The van der Waals surface area contributed by atoms with Gasteiger partial charge in [0.15, 0.2) is 0 Å². The summed E-state index contributed by atoms with van der Waals surface area (Å²) in [5.41, 5.74) is 5.69. The molecule has 0 aromatic heterocycles. The van der Waals surface area contributed by atoms with Gasteiger partial charge >= 0.3 is 0 Å². The predicted octanol–water partition coefficient (Wildman–Crippen LogP) is 1.00. The van der Waals surface area contributed by atoms with Crippen LogP contribution in [0.15, 0.2) is 22.7 Å². The monoisotopic (exact) mass is 345 g/mol. The normalized spacial score (nSPS) is 19.3. The van der Waals surface area contributed by atoms with Crippen molar-refractivity contribution in [1.29, 1.82) is 0 Å². The molecular formula is C12H13BrClN3O2. The van der Waals surface area contributed by atoms with Crippen molar-refractivity contribution in [3.63, 3.8) is 0 Å². The summed E-state index contributed by atoms with van der Waals surface area (Å²) >= 11 is 9.34. The zero-order chi connectivity index (χ0) is 14.0. The molecule has 0 spiro atoms. The van der Waals surface area contributed by atoms with Gasteiger partial charge in [0.25, 0.3) is 5.91 Å². The summed E-state index contributed by atoms with van der Waals surface area (Å²) in [6.07, 6.45) is 0. The first-order valence-electron chi connectivity index (χ1n) is 5.76. The quantitative estimate of drug-likeness (QED) is 0.839. The van der Waals surface area contributed by atoms with Gasteiger partial charge in [-0.15, -0.1) is 0 Å². The second kappa shape index (κ2) is 5.90. The Bertz CT molecular complexity index is 524. The minimum atomic E-state index is -0.642. The van der Waals surface area contributed by atoms with Crippen molar-refractivity contribution in [3.8, 4) is 0 Å². The number of halogens is 2. The van der Waals surface area contributed by atoms with Crippen LogP contribution in [-0.2, 0) is 4.79 Å². The maximum atomic E-state index is 12.5. The standard InChI is InChI=1S/C12H13BrClN3O2/c13-7-1-2-9(14)8(5-7)12(19)17-4-3-16-6-10(17)11(15)18/h1-2,5,10,16H,3-4,6H2,(H2,15,18). The molecule has 3 N–H and O–H groups in total. The topological polar surface area (TPSA) is 75.4 Å². The van der Waals surface area contributed by atoms with E-state index >= 15 is 0 Å². The number of rotatable bonds is 2. The van der Waals surface area contributed by atoms with Crippen LogP contribution in [0.5, 0.6) is 0 Å². The first kappa shape index (κ1) is 14.3. The van der Waals surface area contributed by atoms with Crippen molar-refractivity contribution in [2.24, 2.45) is 5.73 Å². The third kappa shape index (κ3) is 3.08. The van der Waals surface area contributed by atoms with Crippen LogP contribution in [0.2, 0.25) is 5.02 Å². The van der Waals surface area contributed by atoms with E-state index in [2.05, 4.69) is 21.2 Å². The number of hydrogen-bond acceptors (Lipinski definition) is 3. The molecule has 1 saturated heterocycles. The van der Waals surface area contributed by atoms with Crippen LogP contribution in [0.25, 0.3) is 0 Å². The van der Waals surface area contributed by atoms with E-state index in [1.54, 1.807) is 18.2 Å². The maximum absolute atomic E-state index is 12.5. The molecule has 19 heavy (non-hydrogen) atoms. The van der Waals surface area contributed by atoms with Crippen LogP contribution < -0.4 is 11.1 Å². The van der Waals surface area contributed by atoms with Gasteiger partial charge in [-0.25, -0.2) is 0 Å². The average molecular weight is 347 g/mol. The predicted molar refractivity (Wildman–Crippen MR) is 76.0 cm³/mol. The summed E-state index contributed by atoms with van der Waals surface area (Å²) in [6.45, 7) is 1.42. The minimum Gasteiger partial charge on any atom is -0.368 e. The van der Waals surface area contributed by atoms with E-state index in [4.69, 9.17) is 17.3 Å². The van der Waals surface area contributed by atoms with Crippen LogP contribution in [0.3, 0.4) is 0 Å². The number of piperazine rings is 1. The molecule has 1 aliphatic heterocycles. The summed E-state index contributed by atoms with van der Waals surface area (Å²) in [7, 11) is 0. The van der Waals surface area contributed by atoms with Crippen molar-refractivity contribution >= 4 is 39.3 Å². The molecule has 1 aliphatic rings. The molecule has 0 radical (unpaired) electrons. The van der Waals surface area contributed by atoms with E-state index < -0.39 is 11.9 Å². The van der Waals surface area contributed by atoms with Gasteiger partial charge in [0, 0.05) is 24.1 Å². The molecule has 1 unspecified atom stereocenters. The highest BCUT2D eigenvalue weighted by molar-refractivity contribution is 9.10. The Morgan fingerprint density at radius 3 is 2.89 bits per heavy atom. The number of carbonyl (C=O) groups excluding carboxylic acids is 2. The molecule has 5 nitrogen and oxygen atoms in total. The van der Waals surface area contributed by atoms with Crippen LogP contribution in [0, 0.1) is 0 Å². The Balaban J connectivity index is 2.31. The second-order valence-corrected chi connectivity index (χ2v) is 5.57. The third-order valence-corrected chi connectivity index (χ3v) is 3.81. The summed E-state index contributed by atoms with van der Waals surface area (Å²) < 4.78 is 0.756. The lowest BCUT2D eigenvalue weighted by Crippen LogP contribution is -2.58. The first-order chi connectivity index (χ1) is 9.00. The zero-order valence-corrected chi connectivity index (χ0v) is 12.4. The molecule has 1 aromatic carbocycles. The van der Waals surface area contributed by atoms with Crippen LogP contribution in [0.4, 0.5) is 0 Å². The molecular weight excluding hydrogens is 334 g/mol. The Hall–Kier alpha value is -1.11. The summed E-state index contributed by atoms with van der Waals surface area (Å²) in [5.74, 6) is -0.803. The molecule has 1 aromatic rings. The number of nitrogens with zero attached hydrogens (tertiary/aromatic N) is 1. The number of primary amides is 1. The lowest BCUT2D eigenvalue weighted by Gasteiger charge is -2.34. The largest absolute Gasteiger partial charge is 0.368 e. The van der Waals surface area contributed by atoms with Crippen molar-refractivity contribution in [2.75, 3.05) is 19.6 Å². The van der Waals surface area contributed by atoms with Gasteiger partial charge in [0.2, 0.25) is 5.91 Å². The molecule has 102 valence electrons. The van der Waals surface area contributed by atoms with E-state index in [-0.39, 0.29) is 5.91 Å². The molecule has 0 bridgehead atoms. The molecule has 7 heteroatoms. The maximum Gasteiger partial charge on any atom is 0.256 e. The van der Waals surface area contributed by atoms with Gasteiger partial charge < -0.3 is 16.0 Å². The van der Waals surface area contributed by atoms with Gasteiger partial charge in [0.1, 0.15) is 6.04 Å². The van der Waals surface area contributed by atoms with Gasteiger partial charge in [-0.05, 0) is 18.2 Å². The van der Waals surface area contributed by atoms with E-state index in [0.717, 1.165) is 4.47 Å². The second-order valence-electron chi connectivity index (χ2n) is 4.25. The van der Waals surface area contributed by atoms with Crippen LogP contribution in [0.1, 0.15) is 10.4 Å². The van der Waals surface area contributed by atoms with Crippen molar-refractivity contribution in [2.45, 2.75) is 6.04 Å². The molecule has 1 heterocycles. The first-order valence-corrected chi connectivity index (χ1v) is 6.94. The molecule has 0 aliphatic carbocycles. The number of hydrogen-bond donors (Lipinski definition) is 2. The highest BCUT2D eigenvalue weighted by Gasteiger charge is 2.31. The fourth-order valence-electron chi connectivity index (χ4n) is 2.02. The Labute approximate surface area is 124 Å². The molecule has 2 rings (SSSR count). The van der Waals surface area contributed by atoms with Gasteiger partial charge in [-0.2, -0.15) is 0 Å². The van der Waals surface area contributed by atoms with Crippen molar-refractivity contribution in [3.05, 3.63) is 33.3 Å². The minimum absolute atomic E-state index is 0.281. The summed E-state index contributed by atoms with van der Waals surface area (Å²) in [6, 6.07) is 4.39. The van der Waals surface area contributed by atoms with E-state index in [1.165, 1.54) is 4.90 Å². The number of nitrogens with two attached hydrogens (primary N) is 1. The fraction of sp³-hybridized carbons (Fsp3) is 0.333. The van der Waals surface area contributed by atoms with Gasteiger partial charge in [0.05, 0.1) is 10.6 Å². The van der Waals surface area contributed by atoms with E-state index in [0.29, 0.717) is 30.2 Å². The molecule has 1 atom stereocenters. The summed E-state index contributed by atoms with van der Waals surface area (Å²) in [4.78, 5) is 25.3. The van der Waals surface area contributed by atoms with Gasteiger partial charge in [-0.3, -0.25) is 9.59 Å². The number of carbonyl (C=O) groups is 2. The van der Waals surface area contributed by atoms with Crippen LogP contribution >= 0.6 is 27.5 Å². The molecule has 1 fully saturated rings. The van der Waals surface area contributed by atoms with Gasteiger partial charge in [-0.1, -0.05) is 27.5 Å². The van der Waals surface area contributed by atoms with Crippen molar-refractivity contribution in [1.82, 2.24) is 10.2 Å². The molecule has 2 amide bonds. The Morgan fingerprint density at radius 1 is 1.47 bits per heavy atom. The lowest BCUT2D eigenvalue weighted by molar-refractivity contribution is -0.122. The molecule has 0 saturated carbocycles.